The Labute approximate surface area is 108 Å². The Bertz CT molecular complexity index is 287. The molecular formula is C13H22N2OS. The average Bonchev–Trinajstić information content (AvgIpc) is 3.24. The molecule has 0 aromatic rings. The summed E-state index contributed by atoms with van der Waals surface area (Å²) in [5.74, 6) is 1.85. The summed E-state index contributed by atoms with van der Waals surface area (Å²) in [5.41, 5.74) is 0. The van der Waals surface area contributed by atoms with E-state index in [1.165, 1.54) is 30.9 Å². The standard InChI is InChI=1S/C13H22N2OS/c1(7-16-9-10-2-3-10)6-14-13-15-8-12(17-13)11-4-5-11/h10-12H,1-9H2,(H,14,15). The molecule has 0 amide bonds. The summed E-state index contributed by atoms with van der Waals surface area (Å²) in [4.78, 5) is 4.56. The van der Waals surface area contributed by atoms with E-state index in [4.69, 9.17) is 4.74 Å². The predicted molar refractivity (Wildman–Crippen MR) is 72.6 cm³/mol. The summed E-state index contributed by atoms with van der Waals surface area (Å²) in [6.45, 7) is 3.93. The number of hydrogen-bond donors (Lipinski definition) is 1. The third-order valence-corrected chi connectivity index (χ3v) is 4.95. The molecule has 0 saturated heterocycles. The number of nitrogens with zero attached hydrogens (tertiary/aromatic N) is 1. The molecule has 3 rings (SSSR count). The van der Waals surface area contributed by atoms with Crippen molar-refractivity contribution in [2.75, 3.05) is 26.3 Å². The molecule has 0 bridgehead atoms. The molecule has 1 atom stereocenters. The topological polar surface area (TPSA) is 33.6 Å². The first-order chi connectivity index (χ1) is 8.42. The molecule has 1 N–H and O–H groups in total. The van der Waals surface area contributed by atoms with Crippen LogP contribution in [0.2, 0.25) is 0 Å². The highest BCUT2D eigenvalue weighted by atomic mass is 32.2. The van der Waals surface area contributed by atoms with E-state index in [1.807, 2.05) is 11.8 Å². The second-order valence-corrected chi connectivity index (χ2v) is 6.67. The van der Waals surface area contributed by atoms with Gasteiger partial charge in [-0.05, 0) is 43.9 Å². The second-order valence-electron chi connectivity index (χ2n) is 5.44. The molecule has 1 heterocycles. The Morgan fingerprint density at radius 1 is 1.29 bits per heavy atom. The van der Waals surface area contributed by atoms with Crippen LogP contribution in [0.4, 0.5) is 0 Å². The third-order valence-electron chi connectivity index (χ3n) is 3.62. The van der Waals surface area contributed by atoms with Crippen LogP contribution in [0.25, 0.3) is 0 Å². The maximum Gasteiger partial charge on any atom is 0.156 e. The highest BCUT2D eigenvalue weighted by Gasteiger charge is 2.35. The zero-order valence-electron chi connectivity index (χ0n) is 10.4. The van der Waals surface area contributed by atoms with E-state index in [9.17, 15) is 0 Å². The van der Waals surface area contributed by atoms with Crippen molar-refractivity contribution < 1.29 is 4.74 Å². The van der Waals surface area contributed by atoms with Gasteiger partial charge >= 0.3 is 0 Å². The predicted octanol–water partition coefficient (Wildman–Crippen LogP) is 2.27. The summed E-state index contributed by atoms with van der Waals surface area (Å²) in [7, 11) is 0. The van der Waals surface area contributed by atoms with Gasteiger partial charge in [0.2, 0.25) is 0 Å². The fourth-order valence-electron chi connectivity index (χ4n) is 2.11. The fourth-order valence-corrected chi connectivity index (χ4v) is 3.34. The van der Waals surface area contributed by atoms with E-state index in [0.29, 0.717) is 0 Å². The molecule has 3 nitrogen and oxygen atoms in total. The van der Waals surface area contributed by atoms with E-state index < -0.39 is 0 Å². The number of hydrogen-bond acceptors (Lipinski definition) is 4. The second kappa shape index (κ2) is 5.61. The zero-order valence-corrected chi connectivity index (χ0v) is 11.2. The van der Waals surface area contributed by atoms with Gasteiger partial charge in [0.25, 0.3) is 0 Å². The van der Waals surface area contributed by atoms with Gasteiger partial charge < -0.3 is 10.1 Å². The van der Waals surface area contributed by atoms with Crippen LogP contribution < -0.4 is 5.32 Å². The maximum atomic E-state index is 5.60. The van der Waals surface area contributed by atoms with Gasteiger partial charge in [-0.15, -0.1) is 0 Å². The van der Waals surface area contributed by atoms with Crippen molar-refractivity contribution in [1.29, 1.82) is 0 Å². The Balaban J connectivity index is 1.20. The van der Waals surface area contributed by atoms with Crippen LogP contribution in [0, 0.1) is 11.8 Å². The molecule has 4 heteroatoms. The molecule has 3 aliphatic rings. The number of ether oxygens (including phenoxy) is 1. The van der Waals surface area contributed by atoms with Gasteiger partial charge in [0, 0.05) is 25.0 Å². The van der Waals surface area contributed by atoms with Gasteiger partial charge in [-0.2, -0.15) is 0 Å². The average molecular weight is 254 g/mol. The minimum atomic E-state index is 0.781. The molecule has 2 saturated carbocycles. The summed E-state index contributed by atoms with van der Waals surface area (Å²) in [6, 6.07) is 0. The van der Waals surface area contributed by atoms with Crippen molar-refractivity contribution in [3.63, 3.8) is 0 Å². The van der Waals surface area contributed by atoms with E-state index in [2.05, 4.69) is 10.3 Å². The zero-order chi connectivity index (χ0) is 11.5. The monoisotopic (exact) mass is 254 g/mol. The van der Waals surface area contributed by atoms with Gasteiger partial charge in [0.05, 0.1) is 6.54 Å². The minimum Gasteiger partial charge on any atom is -0.381 e. The first kappa shape index (κ1) is 11.8. The molecule has 1 aliphatic heterocycles. The lowest BCUT2D eigenvalue weighted by Gasteiger charge is -2.08. The quantitative estimate of drug-likeness (QED) is 0.708. The smallest absolute Gasteiger partial charge is 0.156 e. The van der Waals surface area contributed by atoms with Gasteiger partial charge in [-0.1, -0.05) is 11.8 Å². The van der Waals surface area contributed by atoms with E-state index >= 15 is 0 Å². The van der Waals surface area contributed by atoms with Crippen LogP contribution in [0.5, 0.6) is 0 Å². The van der Waals surface area contributed by atoms with Crippen LogP contribution in [-0.4, -0.2) is 36.7 Å². The van der Waals surface area contributed by atoms with E-state index in [0.717, 1.165) is 49.8 Å². The third kappa shape index (κ3) is 3.88. The molecule has 0 radical (unpaired) electrons. The Hall–Kier alpha value is -0.220. The van der Waals surface area contributed by atoms with Crippen molar-refractivity contribution in [1.82, 2.24) is 5.32 Å². The lowest BCUT2D eigenvalue weighted by atomic mass is 10.3. The Morgan fingerprint density at radius 2 is 2.18 bits per heavy atom. The number of amidine groups is 1. The lowest BCUT2D eigenvalue weighted by molar-refractivity contribution is 0.123. The first-order valence-electron chi connectivity index (χ1n) is 6.94. The van der Waals surface area contributed by atoms with Crippen molar-refractivity contribution in [2.24, 2.45) is 16.8 Å². The largest absolute Gasteiger partial charge is 0.381 e. The molecular weight excluding hydrogens is 232 g/mol. The van der Waals surface area contributed by atoms with Gasteiger partial charge in [0.1, 0.15) is 0 Å². The normalized spacial score (nSPS) is 28.2. The molecule has 2 aliphatic carbocycles. The van der Waals surface area contributed by atoms with Crippen molar-refractivity contribution in [2.45, 2.75) is 37.4 Å². The summed E-state index contributed by atoms with van der Waals surface area (Å²) < 4.78 is 5.60. The molecule has 0 spiro atoms. The van der Waals surface area contributed by atoms with Gasteiger partial charge in [0.15, 0.2) is 5.17 Å². The van der Waals surface area contributed by atoms with Crippen LogP contribution >= 0.6 is 11.8 Å². The van der Waals surface area contributed by atoms with E-state index in [-0.39, 0.29) is 0 Å². The fraction of sp³-hybridized carbons (Fsp3) is 0.923. The van der Waals surface area contributed by atoms with Crippen molar-refractivity contribution in [3.05, 3.63) is 0 Å². The van der Waals surface area contributed by atoms with E-state index in [1.54, 1.807) is 0 Å². The number of aliphatic imine (C=N–C) groups is 1. The minimum absolute atomic E-state index is 0.781. The summed E-state index contributed by atoms with van der Waals surface area (Å²) in [5, 5.41) is 5.38. The molecule has 1 unspecified atom stereocenters. The summed E-state index contributed by atoms with van der Waals surface area (Å²) in [6.07, 6.45) is 6.72. The molecule has 96 valence electrons. The van der Waals surface area contributed by atoms with Crippen molar-refractivity contribution in [3.8, 4) is 0 Å². The number of rotatable bonds is 7. The molecule has 0 aromatic carbocycles. The van der Waals surface area contributed by atoms with Gasteiger partial charge in [-0.25, -0.2) is 0 Å². The SMILES string of the molecule is C(CNC1=NCC(C2CC2)S1)COCC1CC1. The first-order valence-corrected chi connectivity index (χ1v) is 7.82. The number of nitrogens with one attached hydrogen (secondary N) is 1. The molecule has 17 heavy (non-hydrogen) atoms. The number of thioether (sulfide) groups is 1. The summed E-state index contributed by atoms with van der Waals surface area (Å²) >= 11 is 1.96. The highest BCUT2D eigenvalue weighted by molar-refractivity contribution is 8.14. The van der Waals surface area contributed by atoms with Crippen molar-refractivity contribution >= 4 is 16.9 Å². The van der Waals surface area contributed by atoms with Gasteiger partial charge in [-0.3, -0.25) is 4.99 Å². The van der Waals surface area contributed by atoms with Crippen LogP contribution in [0.3, 0.4) is 0 Å². The highest BCUT2D eigenvalue weighted by Crippen LogP contribution is 2.41. The Kier molecular flexibility index (Phi) is 3.91. The maximum absolute atomic E-state index is 5.60. The molecule has 0 aromatic heterocycles. The molecule has 2 fully saturated rings. The van der Waals surface area contributed by atoms with Crippen LogP contribution in [0.1, 0.15) is 32.1 Å². The van der Waals surface area contributed by atoms with Crippen LogP contribution in [-0.2, 0) is 4.74 Å². The Morgan fingerprint density at radius 3 is 2.94 bits per heavy atom. The van der Waals surface area contributed by atoms with Crippen LogP contribution in [0.15, 0.2) is 4.99 Å². The lowest BCUT2D eigenvalue weighted by Crippen LogP contribution is -2.22.